The first kappa shape index (κ1) is 21.5. The van der Waals surface area contributed by atoms with Crippen LogP contribution in [0, 0.1) is 0 Å². The van der Waals surface area contributed by atoms with Gasteiger partial charge >= 0.3 is 0 Å². The number of methoxy groups -OCH3 is 1. The number of aliphatic hydroxyl groups excluding tert-OH is 1. The highest BCUT2D eigenvalue weighted by molar-refractivity contribution is 5.78. The van der Waals surface area contributed by atoms with Gasteiger partial charge in [0.1, 0.15) is 12.7 Å². The predicted octanol–water partition coefficient (Wildman–Crippen LogP) is 1.05. The van der Waals surface area contributed by atoms with Gasteiger partial charge < -0.3 is 24.4 Å². The topological polar surface area (TPSA) is 65.5 Å². The fourth-order valence-corrected chi connectivity index (χ4v) is 3.15. The highest BCUT2D eigenvalue weighted by atomic mass is 16.5. The van der Waals surface area contributed by atoms with Crippen LogP contribution in [0.4, 0.5) is 0 Å². The Bertz CT molecular complexity index is 607. The van der Waals surface area contributed by atoms with Crippen LogP contribution < -0.4 is 9.47 Å². The van der Waals surface area contributed by atoms with Crippen molar-refractivity contribution in [3.8, 4) is 11.5 Å². The largest absolute Gasteiger partial charge is 0.493 e. The molecule has 1 amide bonds. The Morgan fingerprint density at radius 1 is 1.22 bits per heavy atom. The molecular formula is C20H33N3O4. The molecule has 1 fully saturated rings. The maximum atomic E-state index is 11.9. The van der Waals surface area contributed by atoms with E-state index in [4.69, 9.17) is 9.47 Å². The van der Waals surface area contributed by atoms with E-state index in [0.29, 0.717) is 31.1 Å². The fourth-order valence-electron chi connectivity index (χ4n) is 3.15. The van der Waals surface area contributed by atoms with Crippen molar-refractivity contribution in [3.63, 3.8) is 0 Å². The second-order valence-corrected chi connectivity index (χ2v) is 6.96. The predicted molar refractivity (Wildman–Crippen MR) is 105 cm³/mol. The van der Waals surface area contributed by atoms with Gasteiger partial charge in [0.15, 0.2) is 11.5 Å². The molecule has 1 aromatic rings. The van der Waals surface area contributed by atoms with Gasteiger partial charge in [-0.3, -0.25) is 9.69 Å². The summed E-state index contributed by atoms with van der Waals surface area (Å²) in [7, 11) is 3.44. The van der Waals surface area contributed by atoms with Gasteiger partial charge in [0, 0.05) is 33.2 Å². The van der Waals surface area contributed by atoms with E-state index < -0.39 is 6.10 Å². The zero-order valence-corrected chi connectivity index (χ0v) is 17.0. The van der Waals surface area contributed by atoms with Gasteiger partial charge in [0.05, 0.1) is 13.7 Å². The van der Waals surface area contributed by atoms with Gasteiger partial charge in [0.25, 0.3) is 0 Å². The molecule has 0 spiro atoms. The van der Waals surface area contributed by atoms with Crippen molar-refractivity contribution in [2.75, 3.05) is 60.0 Å². The highest BCUT2D eigenvalue weighted by Crippen LogP contribution is 2.29. The van der Waals surface area contributed by atoms with E-state index in [1.54, 1.807) is 12.0 Å². The number of piperazine rings is 1. The first-order valence-corrected chi connectivity index (χ1v) is 9.63. The minimum absolute atomic E-state index is 0.144. The molecule has 1 N–H and O–H groups in total. The molecule has 1 atom stereocenters. The summed E-state index contributed by atoms with van der Waals surface area (Å²) in [5.74, 6) is 1.41. The number of ether oxygens (including phenoxy) is 2. The summed E-state index contributed by atoms with van der Waals surface area (Å²) >= 11 is 0. The number of aliphatic hydroxyl groups is 1. The SMILES string of the molecule is CCN(CC)C[C@@H](O)COc1cc(CN2CCN(C)C(=O)C2)ccc1OC. The number of benzene rings is 1. The normalized spacial score (nSPS) is 16.7. The maximum absolute atomic E-state index is 11.9. The van der Waals surface area contributed by atoms with Crippen molar-refractivity contribution in [1.82, 2.24) is 14.7 Å². The summed E-state index contributed by atoms with van der Waals surface area (Å²) in [4.78, 5) is 17.9. The number of rotatable bonds is 10. The van der Waals surface area contributed by atoms with Crippen molar-refractivity contribution in [1.29, 1.82) is 0 Å². The molecule has 27 heavy (non-hydrogen) atoms. The second-order valence-electron chi connectivity index (χ2n) is 6.96. The molecular weight excluding hydrogens is 346 g/mol. The smallest absolute Gasteiger partial charge is 0.236 e. The van der Waals surface area contributed by atoms with E-state index in [1.807, 2.05) is 25.2 Å². The quantitative estimate of drug-likeness (QED) is 0.656. The third kappa shape index (κ3) is 6.37. The van der Waals surface area contributed by atoms with Crippen molar-refractivity contribution in [3.05, 3.63) is 23.8 Å². The zero-order valence-electron chi connectivity index (χ0n) is 17.0. The van der Waals surface area contributed by atoms with Crippen molar-refractivity contribution < 1.29 is 19.4 Å². The molecule has 1 aromatic carbocycles. The lowest BCUT2D eigenvalue weighted by atomic mass is 10.1. The minimum atomic E-state index is -0.562. The van der Waals surface area contributed by atoms with Crippen LogP contribution in [0.5, 0.6) is 11.5 Å². The number of carbonyl (C=O) groups is 1. The summed E-state index contributed by atoms with van der Waals surface area (Å²) in [5.41, 5.74) is 1.06. The summed E-state index contributed by atoms with van der Waals surface area (Å²) in [6.45, 7) is 9.46. The Balaban J connectivity index is 1.97. The average Bonchev–Trinajstić information content (AvgIpc) is 2.67. The molecule has 0 unspecified atom stereocenters. The third-order valence-electron chi connectivity index (χ3n) is 4.97. The van der Waals surface area contributed by atoms with Crippen LogP contribution in [0.25, 0.3) is 0 Å². The van der Waals surface area contributed by atoms with E-state index in [9.17, 15) is 9.90 Å². The lowest BCUT2D eigenvalue weighted by Crippen LogP contribution is -2.47. The van der Waals surface area contributed by atoms with Crippen LogP contribution in [-0.2, 0) is 11.3 Å². The van der Waals surface area contributed by atoms with E-state index in [2.05, 4.69) is 23.6 Å². The Morgan fingerprint density at radius 3 is 2.59 bits per heavy atom. The minimum Gasteiger partial charge on any atom is -0.493 e. The first-order chi connectivity index (χ1) is 13.0. The molecule has 1 aliphatic heterocycles. The molecule has 1 heterocycles. The molecule has 0 aromatic heterocycles. The molecule has 0 bridgehead atoms. The standard InChI is InChI=1S/C20H33N3O4/c1-5-22(6-2)13-17(24)15-27-19-11-16(7-8-18(19)26-4)12-23-10-9-21(3)20(25)14-23/h7-8,11,17,24H,5-6,9-10,12-15H2,1-4H3/t17-/m1/s1. The third-order valence-corrected chi connectivity index (χ3v) is 4.97. The van der Waals surface area contributed by atoms with Crippen LogP contribution in [0.2, 0.25) is 0 Å². The molecule has 7 nitrogen and oxygen atoms in total. The Labute approximate surface area is 162 Å². The number of carbonyl (C=O) groups excluding carboxylic acids is 1. The average molecular weight is 380 g/mol. The van der Waals surface area contributed by atoms with Crippen molar-refractivity contribution in [2.24, 2.45) is 0 Å². The van der Waals surface area contributed by atoms with E-state index in [1.165, 1.54) is 0 Å². The lowest BCUT2D eigenvalue weighted by Gasteiger charge is -2.32. The molecule has 0 radical (unpaired) electrons. The van der Waals surface area contributed by atoms with Gasteiger partial charge in [0.2, 0.25) is 5.91 Å². The molecule has 0 aliphatic carbocycles. The van der Waals surface area contributed by atoms with Crippen LogP contribution in [0.3, 0.4) is 0 Å². The van der Waals surface area contributed by atoms with Crippen LogP contribution in [0.15, 0.2) is 18.2 Å². The summed E-state index contributed by atoms with van der Waals surface area (Å²) in [6.07, 6.45) is -0.562. The number of hydrogen-bond donors (Lipinski definition) is 1. The molecule has 0 saturated carbocycles. The van der Waals surface area contributed by atoms with E-state index >= 15 is 0 Å². The maximum Gasteiger partial charge on any atom is 0.236 e. The number of nitrogens with zero attached hydrogens (tertiary/aromatic N) is 3. The van der Waals surface area contributed by atoms with Crippen LogP contribution in [-0.4, -0.2) is 91.9 Å². The van der Waals surface area contributed by atoms with Crippen LogP contribution >= 0.6 is 0 Å². The summed E-state index contributed by atoms with van der Waals surface area (Å²) < 4.78 is 11.2. The van der Waals surface area contributed by atoms with Gasteiger partial charge in [-0.2, -0.15) is 0 Å². The van der Waals surface area contributed by atoms with E-state index in [0.717, 1.165) is 31.7 Å². The Morgan fingerprint density at radius 2 is 1.96 bits per heavy atom. The fraction of sp³-hybridized carbons (Fsp3) is 0.650. The molecule has 7 heteroatoms. The number of amides is 1. The van der Waals surface area contributed by atoms with Gasteiger partial charge in [-0.15, -0.1) is 0 Å². The molecule has 2 rings (SSSR count). The van der Waals surface area contributed by atoms with Gasteiger partial charge in [-0.1, -0.05) is 19.9 Å². The highest BCUT2D eigenvalue weighted by Gasteiger charge is 2.21. The number of likely N-dealkylation sites (N-methyl/N-ethyl adjacent to an activating group) is 2. The Hall–Kier alpha value is -1.83. The first-order valence-electron chi connectivity index (χ1n) is 9.63. The Kier molecular flexibility index (Phi) is 8.34. The zero-order chi connectivity index (χ0) is 19.8. The van der Waals surface area contributed by atoms with Crippen molar-refractivity contribution in [2.45, 2.75) is 26.5 Å². The molecule has 1 aliphatic rings. The number of hydrogen-bond acceptors (Lipinski definition) is 6. The van der Waals surface area contributed by atoms with Crippen LogP contribution in [0.1, 0.15) is 19.4 Å². The molecule has 152 valence electrons. The molecule has 1 saturated heterocycles. The van der Waals surface area contributed by atoms with Crippen molar-refractivity contribution >= 4 is 5.91 Å². The monoisotopic (exact) mass is 379 g/mol. The summed E-state index contributed by atoms with van der Waals surface area (Å²) in [6, 6.07) is 5.80. The van der Waals surface area contributed by atoms with Gasteiger partial charge in [-0.05, 0) is 30.8 Å². The second kappa shape index (κ2) is 10.5. The lowest BCUT2D eigenvalue weighted by molar-refractivity contribution is -0.134. The summed E-state index contributed by atoms with van der Waals surface area (Å²) in [5, 5.41) is 10.2. The van der Waals surface area contributed by atoms with Gasteiger partial charge in [-0.25, -0.2) is 0 Å². The van der Waals surface area contributed by atoms with E-state index in [-0.39, 0.29) is 12.5 Å².